The SMILES string of the molecule is CC(NC(=O)OC(C)(C)C)c1ccccc1S[Si](C(C)C)(C(C)C)C(C)C. The van der Waals surface area contributed by atoms with Crippen LogP contribution >= 0.6 is 11.2 Å². The van der Waals surface area contributed by atoms with E-state index in [9.17, 15) is 4.79 Å². The van der Waals surface area contributed by atoms with Gasteiger partial charge in [0.15, 0.2) is 0 Å². The largest absolute Gasteiger partial charge is 0.444 e. The van der Waals surface area contributed by atoms with Crippen LogP contribution in [0, 0.1) is 0 Å². The van der Waals surface area contributed by atoms with Crippen molar-refractivity contribution in [1.29, 1.82) is 0 Å². The van der Waals surface area contributed by atoms with Gasteiger partial charge in [-0.05, 0) is 55.9 Å². The summed E-state index contributed by atoms with van der Waals surface area (Å²) >= 11 is 2.10. The van der Waals surface area contributed by atoms with Gasteiger partial charge < -0.3 is 10.1 Å². The van der Waals surface area contributed by atoms with Crippen molar-refractivity contribution < 1.29 is 9.53 Å². The zero-order valence-corrected chi connectivity index (χ0v) is 20.7. The van der Waals surface area contributed by atoms with Crippen molar-refractivity contribution in [2.75, 3.05) is 0 Å². The van der Waals surface area contributed by atoms with Gasteiger partial charge in [0.25, 0.3) is 0 Å². The number of carbonyl (C=O) groups is 1. The molecule has 0 aliphatic carbocycles. The number of benzene rings is 1. The van der Waals surface area contributed by atoms with Gasteiger partial charge in [-0.3, -0.25) is 0 Å². The molecular formula is C22H39NO2SSi. The summed E-state index contributed by atoms with van der Waals surface area (Å²) in [6, 6.07) is 8.40. The molecule has 5 heteroatoms. The van der Waals surface area contributed by atoms with Gasteiger partial charge in [-0.15, -0.1) is 11.2 Å². The zero-order chi connectivity index (χ0) is 21.0. The molecule has 0 heterocycles. The minimum atomic E-state index is -1.65. The van der Waals surface area contributed by atoms with Gasteiger partial charge in [0.2, 0.25) is 0 Å². The number of hydrogen-bond donors (Lipinski definition) is 1. The lowest BCUT2D eigenvalue weighted by atomic mass is 10.1. The highest BCUT2D eigenvalue weighted by molar-refractivity contribution is 8.29. The van der Waals surface area contributed by atoms with Gasteiger partial charge in [-0.2, -0.15) is 0 Å². The van der Waals surface area contributed by atoms with Gasteiger partial charge >= 0.3 is 6.09 Å². The lowest BCUT2D eigenvalue weighted by molar-refractivity contribution is 0.0507. The van der Waals surface area contributed by atoms with Gasteiger partial charge in [0.05, 0.1) is 6.04 Å². The molecule has 1 N–H and O–H groups in total. The fourth-order valence-corrected chi connectivity index (χ4v) is 13.5. The maximum absolute atomic E-state index is 12.2. The van der Waals surface area contributed by atoms with Crippen molar-refractivity contribution >= 4 is 24.5 Å². The van der Waals surface area contributed by atoms with Crippen molar-refractivity contribution in [3.63, 3.8) is 0 Å². The van der Waals surface area contributed by atoms with Crippen LogP contribution < -0.4 is 5.32 Å². The fourth-order valence-electron chi connectivity index (χ4n) is 4.04. The van der Waals surface area contributed by atoms with E-state index in [4.69, 9.17) is 4.74 Å². The average Bonchev–Trinajstić information content (AvgIpc) is 2.49. The molecule has 0 aliphatic heterocycles. The van der Waals surface area contributed by atoms with Crippen molar-refractivity contribution in [1.82, 2.24) is 5.32 Å². The van der Waals surface area contributed by atoms with Crippen LogP contribution in [0.2, 0.25) is 16.6 Å². The Morgan fingerprint density at radius 2 is 1.44 bits per heavy atom. The Morgan fingerprint density at radius 1 is 0.963 bits per heavy atom. The number of nitrogens with one attached hydrogen (secondary N) is 1. The lowest BCUT2D eigenvalue weighted by Crippen LogP contribution is -2.41. The molecule has 1 aromatic rings. The van der Waals surface area contributed by atoms with E-state index in [1.165, 1.54) is 10.5 Å². The average molecular weight is 410 g/mol. The third kappa shape index (κ3) is 6.28. The number of ether oxygens (including phenoxy) is 1. The first-order chi connectivity index (χ1) is 12.3. The smallest absolute Gasteiger partial charge is 0.408 e. The quantitative estimate of drug-likeness (QED) is 0.473. The molecule has 1 aromatic carbocycles. The van der Waals surface area contributed by atoms with Crippen LogP contribution in [0.1, 0.15) is 80.8 Å². The molecule has 1 rings (SSSR count). The lowest BCUT2D eigenvalue weighted by Gasteiger charge is -2.42. The van der Waals surface area contributed by atoms with E-state index in [1.807, 2.05) is 27.7 Å². The summed E-state index contributed by atoms with van der Waals surface area (Å²) in [5, 5.41) is 3.01. The van der Waals surface area contributed by atoms with Crippen molar-refractivity contribution in [3.05, 3.63) is 29.8 Å². The van der Waals surface area contributed by atoms with Gasteiger partial charge in [0, 0.05) is 4.90 Å². The van der Waals surface area contributed by atoms with E-state index in [0.717, 1.165) is 0 Å². The summed E-state index contributed by atoms with van der Waals surface area (Å²) in [6.45, 7) is 22.0. The fraction of sp³-hybridized carbons (Fsp3) is 0.682. The monoisotopic (exact) mass is 409 g/mol. The summed E-state index contributed by atoms with van der Waals surface area (Å²) < 4.78 is 5.44. The second kappa shape index (κ2) is 9.51. The predicted octanol–water partition coefficient (Wildman–Crippen LogP) is 7.54. The molecule has 0 radical (unpaired) electrons. The highest BCUT2D eigenvalue weighted by Crippen LogP contribution is 2.52. The van der Waals surface area contributed by atoms with Crippen LogP contribution in [0.15, 0.2) is 29.2 Å². The Labute approximate surface area is 171 Å². The molecule has 0 saturated carbocycles. The standard InChI is InChI=1S/C22H39NO2SSi/c1-15(2)27(16(3)4,17(5)6)26-20-14-12-11-13-19(20)18(7)23-21(24)25-22(8,9)10/h11-18H,1-10H3,(H,23,24). The summed E-state index contributed by atoms with van der Waals surface area (Å²) in [6.07, 6.45) is -0.366. The van der Waals surface area contributed by atoms with E-state index in [2.05, 4.69) is 82.3 Å². The third-order valence-electron chi connectivity index (χ3n) is 5.11. The highest BCUT2D eigenvalue weighted by Gasteiger charge is 2.44. The van der Waals surface area contributed by atoms with Crippen LogP contribution in [0.25, 0.3) is 0 Å². The summed E-state index contributed by atoms with van der Waals surface area (Å²) in [4.78, 5) is 13.5. The van der Waals surface area contributed by atoms with Crippen molar-refractivity contribution in [2.45, 2.75) is 102 Å². The normalized spacial score (nSPS) is 14.0. The summed E-state index contributed by atoms with van der Waals surface area (Å²) in [5.74, 6) is 0. The topological polar surface area (TPSA) is 38.3 Å². The summed E-state index contributed by atoms with van der Waals surface area (Å²) in [7, 11) is -1.65. The minimum absolute atomic E-state index is 0.0956. The first-order valence-electron chi connectivity index (χ1n) is 10.1. The Hall–Kier alpha value is -0.943. The van der Waals surface area contributed by atoms with Gasteiger partial charge in [-0.1, -0.05) is 59.7 Å². The number of rotatable bonds is 7. The third-order valence-corrected chi connectivity index (χ3v) is 17.4. The molecular weight excluding hydrogens is 370 g/mol. The molecule has 0 fully saturated rings. The molecule has 0 aliphatic rings. The Morgan fingerprint density at radius 3 is 1.89 bits per heavy atom. The molecule has 1 amide bonds. The molecule has 0 aromatic heterocycles. The van der Waals surface area contributed by atoms with Crippen molar-refractivity contribution in [2.24, 2.45) is 0 Å². The van der Waals surface area contributed by atoms with Crippen LogP contribution in [0.4, 0.5) is 4.79 Å². The van der Waals surface area contributed by atoms with E-state index >= 15 is 0 Å². The Bertz CT molecular complexity index is 601. The number of amides is 1. The van der Waals surface area contributed by atoms with E-state index < -0.39 is 12.8 Å². The first-order valence-corrected chi connectivity index (χ1v) is 13.9. The minimum Gasteiger partial charge on any atom is -0.444 e. The second-order valence-electron chi connectivity index (χ2n) is 9.33. The maximum Gasteiger partial charge on any atom is 0.408 e. The van der Waals surface area contributed by atoms with Crippen LogP contribution in [-0.4, -0.2) is 18.9 Å². The maximum atomic E-state index is 12.2. The molecule has 1 atom stereocenters. The molecule has 1 unspecified atom stereocenters. The molecule has 0 bridgehead atoms. The van der Waals surface area contributed by atoms with Crippen molar-refractivity contribution in [3.8, 4) is 0 Å². The Kier molecular flexibility index (Phi) is 8.48. The molecule has 0 saturated heterocycles. The molecule has 3 nitrogen and oxygen atoms in total. The summed E-state index contributed by atoms with van der Waals surface area (Å²) in [5.41, 5.74) is 2.69. The van der Waals surface area contributed by atoms with E-state index in [1.54, 1.807) is 0 Å². The predicted molar refractivity (Wildman–Crippen MR) is 121 cm³/mol. The molecule has 154 valence electrons. The van der Waals surface area contributed by atoms with Crippen LogP contribution in [0.3, 0.4) is 0 Å². The van der Waals surface area contributed by atoms with Crippen LogP contribution in [0.5, 0.6) is 0 Å². The number of hydrogen-bond acceptors (Lipinski definition) is 3. The van der Waals surface area contributed by atoms with Gasteiger partial charge in [0.1, 0.15) is 12.8 Å². The first kappa shape index (κ1) is 24.1. The molecule has 27 heavy (non-hydrogen) atoms. The number of alkyl carbamates (subject to hydrolysis) is 1. The highest BCUT2D eigenvalue weighted by atomic mass is 32.4. The van der Waals surface area contributed by atoms with E-state index in [0.29, 0.717) is 16.6 Å². The Balaban J connectivity index is 3.16. The molecule has 0 spiro atoms. The van der Waals surface area contributed by atoms with Crippen LogP contribution in [-0.2, 0) is 4.74 Å². The van der Waals surface area contributed by atoms with Gasteiger partial charge in [-0.25, -0.2) is 4.79 Å². The second-order valence-corrected chi connectivity index (χ2v) is 17.9. The van der Waals surface area contributed by atoms with E-state index in [-0.39, 0.29) is 12.1 Å². The number of carbonyl (C=O) groups excluding carboxylic acids is 1. The zero-order valence-electron chi connectivity index (χ0n) is 18.8.